The highest BCUT2D eigenvalue weighted by atomic mass is 79.9. The molecule has 112 valence electrons. The van der Waals surface area contributed by atoms with Crippen LogP contribution in [0.5, 0.6) is 11.5 Å². The van der Waals surface area contributed by atoms with Crippen LogP contribution in [0.2, 0.25) is 0 Å². The normalized spacial score (nSPS) is 10.4. The molecule has 0 aliphatic carbocycles. The number of pyridine rings is 1. The molecule has 1 aromatic heterocycles. The van der Waals surface area contributed by atoms with Gasteiger partial charge in [0.05, 0.1) is 13.2 Å². The number of hydrogen-bond donors (Lipinski definition) is 0. The fourth-order valence-electron chi connectivity index (χ4n) is 1.92. The van der Waals surface area contributed by atoms with E-state index in [2.05, 4.69) is 27.8 Å². The van der Waals surface area contributed by atoms with Crippen molar-refractivity contribution in [3.05, 3.63) is 53.9 Å². The zero-order valence-corrected chi connectivity index (χ0v) is 13.8. The second kappa shape index (κ2) is 8.67. The van der Waals surface area contributed by atoms with Crippen LogP contribution < -0.4 is 9.47 Å². The molecule has 0 aliphatic heterocycles. The van der Waals surface area contributed by atoms with Gasteiger partial charge in [-0.15, -0.1) is 0 Å². The number of benzene rings is 1. The van der Waals surface area contributed by atoms with Crippen molar-refractivity contribution in [2.45, 2.75) is 25.1 Å². The first-order chi connectivity index (χ1) is 10.3. The summed E-state index contributed by atoms with van der Waals surface area (Å²) in [6.07, 6.45) is 5.47. The molecular weight excluding hydrogens is 330 g/mol. The molecule has 0 atom stereocenters. The number of aromatic nitrogens is 1. The van der Waals surface area contributed by atoms with Gasteiger partial charge in [-0.25, -0.2) is 0 Å². The standard InChI is InChI=1S/C17H20BrNO2/c1-2-10-20-16-4-3-15(13-18)17(12-16)21-11-7-14-5-8-19-9-6-14/h3-6,8-9,12H,2,7,10-11,13H2,1H3. The summed E-state index contributed by atoms with van der Waals surface area (Å²) in [6, 6.07) is 10.0. The molecule has 1 heterocycles. The molecule has 3 nitrogen and oxygen atoms in total. The summed E-state index contributed by atoms with van der Waals surface area (Å²) in [4.78, 5) is 4.02. The van der Waals surface area contributed by atoms with Crippen LogP contribution in [0.25, 0.3) is 0 Å². The lowest BCUT2D eigenvalue weighted by Crippen LogP contribution is -2.04. The van der Waals surface area contributed by atoms with Crippen molar-refractivity contribution >= 4 is 15.9 Å². The molecule has 0 amide bonds. The van der Waals surface area contributed by atoms with E-state index in [0.29, 0.717) is 6.61 Å². The second-order valence-corrected chi connectivity index (χ2v) is 5.27. The number of alkyl halides is 1. The topological polar surface area (TPSA) is 31.4 Å². The molecule has 0 N–H and O–H groups in total. The van der Waals surface area contributed by atoms with Crippen molar-refractivity contribution in [3.8, 4) is 11.5 Å². The molecule has 0 aliphatic rings. The molecule has 1 aromatic carbocycles. The van der Waals surface area contributed by atoms with Gasteiger partial charge in [0, 0.05) is 35.8 Å². The maximum atomic E-state index is 5.92. The molecule has 2 aromatic rings. The third-order valence-electron chi connectivity index (χ3n) is 3.05. The smallest absolute Gasteiger partial charge is 0.127 e. The van der Waals surface area contributed by atoms with Crippen LogP contribution >= 0.6 is 15.9 Å². The van der Waals surface area contributed by atoms with E-state index in [1.54, 1.807) is 12.4 Å². The van der Waals surface area contributed by atoms with Gasteiger partial charge in [0.2, 0.25) is 0 Å². The molecule has 21 heavy (non-hydrogen) atoms. The SMILES string of the molecule is CCCOc1ccc(CBr)c(OCCc2ccncc2)c1. The van der Waals surface area contributed by atoms with E-state index < -0.39 is 0 Å². The summed E-state index contributed by atoms with van der Waals surface area (Å²) >= 11 is 3.49. The Morgan fingerprint density at radius 1 is 1.05 bits per heavy atom. The summed E-state index contributed by atoms with van der Waals surface area (Å²) in [5, 5.41) is 0.769. The van der Waals surface area contributed by atoms with Gasteiger partial charge in [-0.05, 0) is 30.2 Å². The van der Waals surface area contributed by atoms with Crippen LogP contribution in [0.4, 0.5) is 0 Å². The molecule has 0 bridgehead atoms. The Hall–Kier alpha value is -1.55. The number of hydrogen-bond acceptors (Lipinski definition) is 3. The maximum Gasteiger partial charge on any atom is 0.127 e. The van der Waals surface area contributed by atoms with Crippen molar-refractivity contribution in [2.24, 2.45) is 0 Å². The third-order valence-corrected chi connectivity index (χ3v) is 3.66. The predicted molar refractivity (Wildman–Crippen MR) is 88.3 cm³/mol. The van der Waals surface area contributed by atoms with Gasteiger partial charge in [-0.3, -0.25) is 4.98 Å². The Kier molecular flexibility index (Phi) is 6.54. The minimum atomic E-state index is 0.640. The van der Waals surface area contributed by atoms with Gasteiger partial charge in [0.15, 0.2) is 0 Å². The molecule has 0 saturated carbocycles. The summed E-state index contributed by atoms with van der Waals surface area (Å²) < 4.78 is 11.6. The summed E-state index contributed by atoms with van der Waals surface area (Å²) in [5.74, 6) is 1.75. The van der Waals surface area contributed by atoms with Crippen molar-refractivity contribution in [3.63, 3.8) is 0 Å². The Morgan fingerprint density at radius 2 is 1.86 bits per heavy atom. The van der Waals surface area contributed by atoms with Crippen molar-refractivity contribution in [1.82, 2.24) is 4.98 Å². The third kappa shape index (κ3) is 5.05. The van der Waals surface area contributed by atoms with E-state index in [9.17, 15) is 0 Å². The average Bonchev–Trinajstić information content (AvgIpc) is 2.54. The van der Waals surface area contributed by atoms with Crippen LogP contribution in [0.15, 0.2) is 42.7 Å². The van der Waals surface area contributed by atoms with Crippen LogP contribution in [0.3, 0.4) is 0 Å². The molecule has 0 radical (unpaired) electrons. The first kappa shape index (κ1) is 15.8. The number of halogens is 1. The fourth-order valence-corrected chi connectivity index (χ4v) is 2.38. The monoisotopic (exact) mass is 349 g/mol. The highest BCUT2D eigenvalue weighted by molar-refractivity contribution is 9.08. The molecule has 0 unspecified atom stereocenters. The van der Waals surface area contributed by atoms with Gasteiger partial charge in [0.25, 0.3) is 0 Å². The van der Waals surface area contributed by atoms with Gasteiger partial charge < -0.3 is 9.47 Å². The van der Waals surface area contributed by atoms with Crippen LogP contribution in [0.1, 0.15) is 24.5 Å². The molecular formula is C17H20BrNO2. The summed E-state index contributed by atoms with van der Waals surface area (Å²) in [5.41, 5.74) is 2.36. The number of nitrogens with zero attached hydrogens (tertiary/aromatic N) is 1. The summed E-state index contributed by atoms with van der Waals surface area (Å²) in [6.45, 7) is 3.46. The van der Waals surface area contributed by atoms with E-state index in [0.717, 1.165) is 41.8 Å². The molecule has 0 saturated heterocycles. The zero-order chi connectivity index (χ0) is 14.9. The molecule has 4 heteroatoms. The number of rotatable bonds is 8. The molecule has 2 rings (SSSR count). The zero-order valence-electron chi connectivity index (χ0n) is 12.2. The van der Waals surface area contributed by atoms with Crippen LogP contribution in [0, 0.1) is 0 Å². The minimum Gasteiger partial charge on any atom is -0.493 e. The lowest BCUT2D eigenvalue weighted by molar-refractivity contribution is 0.302. The Bertz CT molecular complexity index is 546. The van der Waals surface area contributed by atoms with Crippen molar-refractivity contribution < 1.29 is 9.47 Å². The second-order valence-electron chi connectivity index (χ2n) is 4.71. The quantitative estimate of drug-likeness (QED) is 0.662. The largest absolute Gasteiger partial charge is 0.493 e. The number of ether oxygens (including phenoxy) is 2. The van der Waals surface area contributed by atoms with Crippen LogP contribution in [-0.2, 0) is 11.8 Å². The highest BCUT2D eigenvalue weighted by Gasteiger charge is 2.05. The predicted octanol–water partition coefficient (Wildman–Crippen LogP) is 4.39. The van der Waals surface area contributed by atoms with E-state index in [-0.39, 0.29) is 0 Å². The van der Waals surface area contributed by atoms with Crippen molar-refractivity contribution in [1.29, 1.82) is 0 Å². The van der Waals surface area contributed by atoms with Crippen LogP contribution in [-0.4, -0.2) is 18.2 Å². The minimum absolute atomic E-state index is 0.640. The Labute approximate surface area is 134 Å². The first-order valence-electron chi connectivity index (χ1n) is 7.17. The lowest BCUT2D eigenvalue weighted by Gasteiger charge is -2.12. The average molecular weight is 350 g/mol. The van der Waals surface area contributed by atoms with E-state index in [1.807, 2.05) is 30.3 Å². The Balaban J connectivity index is 1.96. The van der Waals surface area contributed by atoms with E-state index >= 15 is 0 Å². The van der Waals surface area contributed by atoms with E-state index in [1.165, 1.54) is 5.56 Å². The van der Waals surface area contributed by atoms with Crippen molar-refractivity contribution in [2.75, 3.05) is 13.2 Å². The lowest BCUT2D eigenvalue weighted by atomic mass is 10.2. The van der Waals surface area contributed by atoms with E-state index in [4.69, 9.17) is 9.47 Å². The fraction of sp³-hybridized carbons (Fsp3) is 0.353. The first-order valence-corrected chi connectivity index (χ1v) is 8.29. The highest BCUT2D eigenvalue weighted by Crippen LogP contribution is 2.27. The van der Waals surface area contributed by atoms with Gasteiger partial charge >= 0.3 is 0 Å². The maximum absolute atomic E-state index is 5.92. The van der Waals surface area contributed by atoms with Gasteiger partial charge in [-0.1, -0.05) is 28.9 Å². The molecule has 0 fully saturated rings. The summed E-state index contributed by atoms with van der Waals surface area (Å²) in [7, 11) is 0. The van der Waals surface area contributed by atoms with Gasteiger partial charge in [-0.2, -0.15) is 0 Å². The molecule has 0 spiro atoms. The Morgan fingerprint density at radius 3 is 2.57 bits per heavy atom. The van der Waals surface area contributed by atoms with Gasteiger partial charge in [0.1, 0.15) is 11.5 Å².